The normalized spacial score (nSPS) is 39.5. The van der Waals surface area contributed by atoms with E-state index in [-0.39, 0.29) is 41.3 Å². The van der Waals surface area contributed by atoms with E-state index in [0.717, 1.165) is 0 Å². The van der Waals surface area contributed by atoms with Crippen LogP contribution in [0.1, 0.15) is 75.2 Å². The summed E-state index contributed by atoms with van der Waals surface area (Å²) in [6.07, 6.45) is 0.128. The summed E-state index contributed by atoms with van der Waals surface area (Å²) in [5.41, 5.74) is -1.58. The average Bonchev–Trinajstić information content (AvgIpc) is 3.10. The number of ether oxygens (including phenoxy) is 4. The van der Waals surface area contributed by atoms with Gasteiger partial charge in [0.05, 0.1) is 25.7 Å². The smallest absolute Gasteiger partial charge is 0.316 e. The van der Waals surface area contributed by atoms with Crippen LogP contribution >= 0.6 is 0 Å². The molecule has 37 heavy (non-hydrogen) atoms. The first kappa shape index (κ1) is 31.4. The Labute approximate surface area is 222 Å². The lowest BCUT2D eigenvalue weighted by Gasteiger charge is -2.42. The van der Waals surface area contributed by atoms with Crippen molar-refractivity contribution < 1.29 is 38.1 Å². The molecule has 1 unspecified atom stereocenters. The number of hydrogen-bond acceptors (Lipinski definition) is 8. The molecule has 0 N–H and O–H groups in total. The molecule has 9 atom stereocenters. The minimum absolute atomic E-state index is 0.0299. The van der Waals surface area contributed by atoms with Gasteiger partial charge < -0.3 is 18.9 Å². The Balaban J connectivity index is 2.58. The second-order valence-corrected chi connectivity index (χ2v) is 12.1. The van der Waals surface area contributed by atoms with Gasteiger partial charge in [-0.3, -0.25) is 19.2 Å². The molecule has 0 saturated carbocycles. The fourth-order valence-corrected chi connectivity index (χ4v) is 6.54. The Hall–Kier alpha value is -1.80. The lowest BCUT2D eigenvalue weighted by molar-refractivity contribution is -0.183. The lowest BCUT2D eigenvalue weighted by Crippen LogP contribution is -2.52. The van der Waals surface area contributed by atoms with Crippen LogP contribution in [0.4, 0.5) is 0 Å². The molecule has 2 aliphatic rings. The Morgan fingerprint density at radius 3 is 2.08 bits per heavy atom. The van der Waals surface area contributed by atoms with Crippen molar-refractivity contribution in [1.82, 2.24) is 0 Å². The van der Waals surface area contributed by atoms with Crippen LogP contribution in [0.5, 0.6) is 0 Å². The van der Waals surface area contributed by atoms with Gasteiger partial charge in [-0.05, 0) is 38.0 Å². The van der Waals surface area contributed by atoms with E-state index in [9.17, 15) is 19.2 Å². The predicted molar refractivity (Wildman–Crippen MR) is 139 cm³/mol. The van der Waals surface area contributed by atoms with Gasteiger partial charge in [-0.2, -0.15) is 0 Å². The second kappa shape index (κ2) is 12.4. The average molecular weight is 525 g/mol. The molecule has 0 spiro atoms. The van der Waals surface area contributed by atoms with Gasteiger partial charge in [0, 0.05) is 30.8 Å². The van der Waals surface area contributed by atoms with E-state index in [1.807, 2.05) is 34.6 Å². The quantitative estimate of drug-likeness (QED) is 0.288. The third-order valence-electron chi connectivity index (χ3n) is 9.23. The van der Waals surface area contributed by atoms with Gasteiger partial charge in [0.25, 0.3) is 0 Å². The van der Waals surface area contributed by atoms with Crippen LogP contribution in [0, 0.1) is 46.8 Å². The first-order valence-electron chi connectivity index (χ1n) is 13.7. The highest BCUT2D eigenvalue weighted by atomic mass is 16.6. The summed E-state index contributed by atoms with van der Waals surface area (Å²) < 4.78 is 22.7. The first-order valence-corrected chi connectivity index (χ1v) is 13.7. The Morgan fingerprint density at radius 1 is 0.892 bits per heavy atom. The molecule has 0 radical (unpaired) electrons. The van der Waals surface area contributed by atoms with Crippen LogP contribution in [0.25, 0.3) is 0 Å². The largest absolute Gasteiger partial charge is 0.458 e. The predicted octanol–water partition coefficient (Wildman–Crippen LogP) is 4.27. The van der Waals surface area contributed by atoms with Crippen LogP contribution in [-0.2, 0) is 38.1 Å². The zero-order valence-corrected chi connectivity index (χ0v) is 24.4. The number of carbonyl (C=O) groups excluding carboxylic acids is 4. The van der Waals surface area contributed by atoms with Crippen molar-refractivity contribution in [2.45, 2.75) is 86.9 Å². The topological polar surface area (TPSA) is 105 Å². The minimum Gasteiger partial charge on any atom is -0.458 e. The van der Waals surface area contributed by atoms with Crippen molar-refractivity contribution in [2.75, 3.05) is 26.9 Å². The molecule has 8 heteroatoms. The number of ketones is 2. The maximum Gasteiger partial charge on any atom is 0.316 e. The molecule has 2 aliphatic heterocycles. The van der Waals surface area contributed by atoms with E-state index in [2.05, 4.69) is 13.8 Å². The van der Waals surface area contributed by atoms with E-state index in [1.165, 1.54) is 0 Å². The number of hydrogen-bond donors (Lipinski definition) is 0. The summed E-state index contributed by atoms with van der Waals surface area (Å²) in [5, 5.41) is 0. The maximum atomic E-state index is 13.9. The summed E-state index contributed by atoms with van der Waals surface area (Å²) in [6.45, 7) is 17.7. The summed E-state index contributed by atoms with van der Waals surface area (Å²) in [4.78, 5) is 53.6. The zero-order chi connectivity index (χ0) is 28.3. The van der Waals surface area contributed by atoms with E-state index in [4.69, 9.17) is 18.9 Å². The van der Waals surface area contributed by atoms with Crippen LogP contribution in [-0.4, -0.2) is 62.1 Å². The molecular weight excluding hydrogens is 476 g/mol. The van der Waals surface area contributed by atoms with Crippen LogP contribution < -0.4 is 0 Å². The molecule has 0 aromatic heterocycles. The zero-order valence-electron chi connectivity index (χ0n) is 24.4. The number of esters is 2. The van der Waals surface area contributed by atoms with Crippen molar-refractivity contribution in [3.63, 3.8) is 0 Å². The third kappa shape index (κ3) is 6.44. The van der Waals surface area contributed by atoms with Gasteiger partial charge in [-0.1, -0.05) is 48.5 Å². The second-order valence-electron chi connectivity index (χ2n) is 12.1. The minimum atomic E-state index is -1.24. The van der Waals surface area contributed by atoms with Crippen LogP contribution in [0.15, 0.2) is 0 Å². The van der Waals surface area contributed by atoms with Crippen LogP contribution in [0.3, 0.4) is 0 Å². The molecule has 2 fully saturated rings. The van der Waals surface area contributed by atoms with Crippen LogP contribution in [0.2, 0.25) is 0 Å². The van der Waals surface area contributed by atoms with Gasteiger partial charge in [0.1, 0.15) is 23.6 Å². The Bertz CT molecular complexity index is 851. The number of fused-ring (bicyclic) bond motifs is 1. The highest BCUT2D eigenvalue weighted by molar-refractivity contribution is 5.99. The highest BCUT2D eigenvalue weighted by Gasteiger charge is 2.61. The first-order chi connectivity index (χ1) is 17.1. The van der Waals surface area contributed by atoms with E-state index in [0.29, 0.717) is 26.1 Å². The molecule has 0 aromatic carbocycles. The fourth-order valence-electron chi connectivity index (χ4n) is 6.54. The standard InChI is InChI=1S/C29H48O8/c1-11-22-29(9)23(21(27(33)37-29)15-35-13-12-34-10)18(4)24(30)16(2)14-28(7,8)20(6)17(3)25(31)19(5)26(32)36-22/h16-23H,11-15H2,1-10H3/t16-,17-,18-,19-,20-,21?,22-,23+,29-/m1/s1. The van der Waals surface area contributed by atoms with E-state index < -0.39 is 47.3 Å². The molecular formula is C29H48O8. The van der Waals surface area contributed by atoms with Crippen molar-refractivity contribution >= 4 is 23.5 Å². The molecule has 8 nitrogen and oxygen atoms in total. The lowest BCUT2D eigenvalue weighted by atomic mass is 9.64. The fraction of sp³-hybridized carbons (Fsp3) is 0.862. The molecule has 2 saturated heterocycles. The molecule has 0 bridgehead atoms. The summed E-state index contributed by atoms with van der Waals surface area (Å²) in [7, 11) is 1.57. The van der Waals surface area contributed by atoms with Crippen molar-refractivity contribution in [3.8, 4) is 0 Å². The number of methoxy groups -OCH3 is 1. The summed E-state index contributed by atoms with van der Waals surface area (Å²) in [5.74, 6) is -4.75. The molecule has 0 amide bonds. The molecule has 0 aliphatic carbocycles. The van der Waals surface area contributed by atoms with E-state index >= 15 is 0 Å². The third-order valence-corrected chi connectivity index (χ3v) is 9.23. The highest BCUT2D eigenvalue weighted by Crippen LogP contribution is 2.48. The van der Waals surface area contributed by atoms with Gasteiger partial charge >= 0.3 is 11.9 Å². The van der Waals surface area contributed by atoms with Crippen molar-refractivity contribution in [2.24, 2.45) is 46.8 Å². The molecule has 212 valence electrons. The van der Waals surface area contributed by atoms with Gasteiger partial charge in [0.2, 0.25) is 0 Å². The number of cyclic esters (lactones) is 1. The number of carbonyl (C=O) groups is 4. The maximum absolute atomic E-state index is 13.9. The van der Waals surface area contributed by atoms with Gasteiger partial charge in [0.15, 0.2) is 5.60 Å². The van der Waals surface area contributed by atoms with Gasteiger partial charge in [-0.25, -0.2) is 0 Å². The SMILES string of the molecule is CC[C@H]1OC(=O)[C@H](C)C(=O)[C@H](C)[C@@H](C)C(C)(C)C[C@@H](C)C(=O)[C@H](C)[C@H]2C(COCCOC)C(=O)O[C@@]21C. The van der Waals surface area contributed by atoms with E-state index in [1.54, 1.807) is 21.0 Å². The Kier molecular flexibility index (Phi) is 10.5. The summed E-state index contributed by atoms with van der Waals surface area (Å²) >= 11 is 0. The summed E-state index contributed by atoms with van der Waals surface area (Å²) in [6, 6.07) is 0. The number of rotatable bonds is 6. The molecule has 0 aromatic rings. The molecule has 2 rings (SSSR count). The van der Waals surface area contributed by atoms with Crippen molar-refractivity contribution in [1.29, 1.82) is 0 Å². The Morgan fingerprint density at radius 2 is 1.51 bits per heavy atom. The monoisotopic (exact) mass is 524 g/mol. The van der Waals surface area contributed by atoms with Gasteiger partial charge in [-0.15, -0.1) is 0 Å². The van der Waals surface area contributed by atoms with Crippen molar-refractivity contribution in [3.05, 3.63) is 0 Å². The molecule has 2 heterocycles. The number of Topliss-reactive ketones (excluding diaryl/α,β-unsaturated/α-hetero) is 2.